The summed E-state index contributed by atoms with van der Waals surface area (Å²) < 4.78 is 0. The van der Waals surface area contributed by atoms with Gasteiger partial charge in [0, 0.05) is 23.7 Å². The van der Waals surface area contributed by atoms with Gasteiger partial charge in [-0.2, -0.15) is 0 Å². The molecular formula is C15H14N2S. The van der Waals surface area contributed by atoms with Crippen molar-refractivity contribution in [1.82, 2.24) is 9.97 Å². The standard InChI is InChI=1S/C15H14N2S/c1-2-5-13(14-6-3-11-18-14)12(4-1)7-8-15-16-9-10-17-15/h1-6,9-11H,7-8H2,(H,16,17). The lowest BCUT2D eigenvalue weighted by molar-refractivity contribution is 0.886. The van der Waals surface area contributed by atoms with E-state index in [0.717, 1.165) is 18.7 Å². The molecule has 0 spiro atoms. The lowest BCUT2D eigenvalue weighted by Crippen LogP contribution is -1.95. The Labute approximate surface area is 110 Å². The van der Waals surface area contributed by atoms with Gasteiger partial charge in [-0.3, -0.25) is 0 Å². The Hall–Kier alpha value is -1.87. The van der Waals surface area contributed by atoms with Gasteiger partial charge in [0.2, 0.25) is 0 Å². The molecule has 2 heterocycles. The van der Waals surface area contributed by atoms with Crippen molar-refractivity contribution in [3.8, 4) is 10.4 Å². The summed E-state index contributed by atoms with van der Waals surface area (Å²) in [5.41, 5.74) is 2.73. The summed E-state index contributed by atoms with van der Waals surface area (Å²) in [6.45, 7) is 0. The molecule has 3 aromatic rings. The zero-order valence-electron chi connectivity index (χ0n) is 9.97. The topological polar surface area (TPSA) is 28.7 Å². The minimum Gasteiger partial charge on any atom is -0.349 e. The molecule has 3 rings (SSSR count). The highest BCUT2D eigenvalue weighted by molar-refractivity contribution is 7.13. The number of aromatic amines is 1. The van der Waals surface area contributed by atoms with E-state index in [1.165, 1.54) is 16.0 Å². The van der Waals surface area contributed by atoms with E-state index >= 15 is 0 Å². The van der Waals surface area contributed by atoms with E-state index in [1.807, 2.05) is 6.20 Å². The molecule has 0 amide bonds. The van der Waals surface area contributed by atoms with Crippen LogP contribution in [0.3, 0.4) is 0 Å². The number of hydrogen-bond acceptors (Lipinski definition) is 2. The average Bonchev–Trinajstić information content (AvgIpc) is 3.10. The Balaban J connectivity index is 1.84. The predicted molar refractivity (Wildman–Crippen MR) is 75.8 cm³/mol. The summed E-state index contributed by atoms with van der Waals surface area (Å²) in [7, 11) is 0. The van der Waals surface area contributed by atoms with Gasteiger partial charge in [0.25, 0.3) is 0 Å². The summed E-state index contributed by atoms with van der Waals surface area (Å²) in [5.74, 6) is 1.05. The van der Waals surface area contributed by atoms with Gasteiger partial charge in [-0.1, -0.05) is 30.3 Å². The molecule has 0 fully saturated rings. The van der Waals surface area contributed by atoms with E-state index in [2.05, 4.69) is 51.7 Å². The fraction of sp³-hybridized carbons (Fsp3) is 0.133. The van der Waals surface area contributed by atoms with Crippen molar-refractivity contribution in [2.45, 2.75) is 12.8 Å². The smallest absolute Gasteiger partial charge is 0.106 e. The monoisotopic (exact) mass is 254 g/mol. The molecule has 90 valence electrons. The number of H-pyrrole nitrogens is 1. The van der Waals surface area contributed by atoms with E-state index in [4.69, 9.17) is 0 Å². The van der Waals surface area contributed by atoms with E-state index < -0.39 is 0 Å². The minimum atomic E-state index is 0.954. The van der Waals surface area contributed by atoms with Crippen LogP contribution >= 0.6 is 11.3 Å². The quantitative estimate of drug-likeness (QED) is 0.751. The first kappa shape index (κ1) is 11.2. The van der Waals surface area contributed by atoms with Crippen LogP contribution in [0, 0.1) is 0 Å². The first-order chi connectivity index (χ1) is 8.93. The summed E-state index contributed by atoms with van der Waals surface area (Å²) >= 11 is 1.79. The average molecular weight is 254 g/mol. The van der Waals surface area contributed by atoms with Crippen LogP contribution in [0.1, 0.15) is 11.4 Å². The number of nitrogens with zero attached hydrogens (tertiary/aromatic N) is 1. The van der Waals surface area contributed by atoms with Gasteiger partial charge >= 0.3 is 0 Å². The second kappa shape index (κ2) is 5.19. The van der Waals surface area contributed by atoms with Crippen molar-refractivity contribution in [3.63, 3.8) is 0 Å². The van der Waals surface area contributed by atoms with Crippen LogP contribution in [-0.2, 0) is 12.8 Å². The van der Waals surface area contributed by atoms with Crippen LogP contribution in [0.15, 0.2) is 54.2 Å². The third-order valence-electron chi connectivity index (χ3n) is 2.99. The molecule has 2 aromatic heterocycles. The first-order valence-corrected chi connectivity index (χ1v) is 6.91. The summed E-state index contributed by atoms with van der Waals surface area (Å²) in [6, 6.07) is 12.9. The molecule has 0 aliphatic carbocycles. The highest BCUT2D eigenvalue weighted by atomic mass is 32.1. The second-order valence-electron chi connectivity index (χ2n) is 4.17. The minimum absolute atomic E-state index is 0.954. The van der Waals surface area contributed by atoms with Crippen molar-refractivity contribution < 1.29 is 0 Å². The number of nitrogens with one attached hydrogen (secondary N) is 1. The summed E-state index contributed by atoms with van der Waals surface area (Å²) in [6.07, 6.45) is 5.65. The van der Waals surface area contributed by atoms with Crippen molar-refractivity contribution in [1.29, 1.82) is 0 Å². The molecule has 0 unspecified atom stereocenters. The third kappa shape index (κ3) is 2.36. The number of aryl methyl sites for hydroxylation is 2. The van der Waals surface area contributed by atoms with E-state index in [9.17, 15) is 0 Å². The summed E-state index contributed by atoms with van der Waals surface area (Å²) in [5, 5.41) is 2.12. The van der Waals surface area contributed by atoms with Gasteiger partial charge in [-0.15, -0.1) is 11.3 Å². The first-order valence-electron chi connectivity index (χ1n) is 6.03. The Morgan fingerprint density at radius 2 is 2.00 bits per heavy atom. The van der Waals surface area contributed by atoms with Gasteiger partial charge < -0.3 is 4.98 Å². The maximum absolute atomic E-state index is 4.27. The Bertz CT molecular complexity index is 597. The summed E-state index contributed by atoms with van der Waals surface area (Å²) in [4.78, 5) is 8.76. The van der Waals surface area contributed by atoms with Crippen molar-refractivity contribution in [3.05, 3.63) is 65.6 Å². The van der Waals surface area contributed by atoms with Crippen LogP contribution in [0.25, 0.3) is 10.4 Å². The molecule has 0 aliphatic rings. The second-order valence-corrected chi connectivity index (χ2v) is 5.12. The zero-order chi connectivity index (χ0) is 12.2. The molecule has 1 N–H and O–H groups in total. The van der Waals surface area contributed by atoms with Crippen molar-refractivity contribution >= 4 is 11.3 Å². The van der Waals surface area contributed by atoms with Crippen molar-refractivity contribution in [2.24, 2.45) is 0 Å². The SMILES string of the molecule is c1csc(-c2ccccc2CCc2ncc[nH]2)c1. The molecule has 2 nitrogen and oxygen atoms in total. The van der Waals surface area contributed by atoms with Crippen molar-refractivity contribution in [2.75, 3.05) is 0 Å². The fourth-order valence-electron chi connectivity index (χ4n) is 2.10. The molecule has 0 aliphatic heterocycles. The number of benzene rings is 1. The lowest BCUT2D eigenvalue weighted by atomic mass is 10.0. The normalized spacial score (nSPS) is 10.7. The lowest BCUT2D eigenvalue weighted by Gasteiger charge is -2.06. The number of rotatable bonds is 4. The van der Waals surface area contributed by atoms with Gasteiger partial charge in [-0.25, -0.2) is 4.98 Å². The molecule has 0 atom stereocenters. The molecule has 1 aromatic carbocycles. The van der Waals surface area contributed by atoms with Gasteiger partial charge in [0.05, 0.1) is 0 Å². The van der Waals surface area contributed by atoms with Crippen LogP contribution in [0.2, 0.25) is 0 Å². The third-order valence-corrected chi connectivity index (χ3v) is 3.89. The van der Waals surface area contributed by atoms with E-state index in [-0.39, 0.29) is 0 Å². The number of aromatic nitrogens is 2. The highest BCUT2D eigenvalue weighted by Crippen LogP contribution is 2.28. The van der Waals surface area contributed by atoms with E-state index in [1.54, 1.807) is 17.5 Å². The maximum atomic E-state index is 4.27. The Kier molecular flexibility index (Phi) is 3.24. The predicted octanol–water partition coefficient (Wildman–Crippen LogP) is 3.92. The van der Waals surface area contributed by atoms with Gasteiger partial charge in [0.15, 0.2) is 0 Å². The Morgan fingerprint density at radius 1 is 1.06 bits per heavy atom. The van der Waals surface area contributed by atoms with Crippen LogP contribution in [0.5, 0.6) is 0 Å². The number of hydrogen-bond donors (Lipinski definition) is 1. The molecule has 18 heavy (non-hydrogen) atoms. The fourth-order valence-corrected chi connectivity index (χ4v) is 2.89. The largest absolute Gasteiger partial charge is 0.349 e. The molecule has 0 bridgehead atoms. The number of thiophene rings is 1. The van der Waals surface area contributed by atoms with Gasteiger partial charge in [0.1, 0.15) is 5.82 Å². The molecular weight excluding hydrogens is 240 g/mol. The van der Waals surface area contributed by atoms with Crippen LogP contribution in [-0.4, -0.2) is 9.97 Å². The molecule has 3 heteroatoms. The van der Waals surface area contributed by atoms with Crippen LogP contribution < -0.4 is 0 Å². The Morgan fingerprint density at radius 3 is 2.78 bits per heavy atom. The van der Waals surface area contributed by atoms with Gasteiger partial charge in [-0.05, 0) is 29.0 Å². The highest BCUT2D eigenvalue weighted by Gasteiger charge is 2.06. The molecule has 0 saturated carbocycles. The molecule has 0 saturated heterocycles. The van der Waals surface area contributed by atoms with E-state index in [0.29, 0.717) is 0 Å². The maximum Gasteiger partial charge on any atom is 0.106 e. The zero-order valence-corrected chi connectivity index (χ0v) is 10.8. The molecule has 0 radical (unpaired) electrons. The number of imidazole rings is 1. The van der Waals surface area contributed by atoms with Crippen LogP contribution in [0.4, 0.5) is 0 Å².